The monoisotopic (exact) mass is 345 g/mol. The van der Waals surface area contributed by atoms with Crippen LogP contribution in [0, 0.1) is 5.92 Å². The van der Waals surface area contributed by atoms with E-state index in [1.807, 2.05) is 35.7 Å². The Kier molecular flexibility index (Phi) is 5.96. The summed E-state index contributed by atoms with van der Waals surface area (Å²) >= 11 is 1.55. The zero-order valence-corrected chi connectivity index (χ0v) is 14.4. The van der Waals surface area contributed by atoms with Crippen LogP contribution in [-0.2, 0) is 4.79 Å². The number of aromatic nitrogens is 1. The normalized spacial score (nSPS) is 17.5. The summed E-state index contributed by atoms with van der Waals surface area (Å²) in [5, 5.41) is 15.2. The van der Waals surface area contributed by atoms with Crippen molar-refractivity contribution in [3.05, 3.63) is 52.5 Å². The molecule has 0 saturated carbocycles. The maximum absolute atomic E-state index is 12.5. The van der Waals surface area contributed by atoms with E-state index in [1.54, 1.807) is 17.5 Å². The predicted molar refractivity (Wildman–Crippen MR) is 94.8 cm³/mol. The van der Waals surface area contributed by atoms with Crippen LogP contribution in [0.25, 0.3) is 0 Å². The molecule has 128 valence electrons. The molecule has 1 atom stereocenters. The molecule has 6 heteroatoms. The summed E-state index contributed by atoms with van der Waals surface area (Å²) in [5.41, 5.74) is 1.04. The third-order valence-corrected chi connectivity index (χ3v) is 5.31. The molecule has 0 aliphatic carbocycles. The van der Waals surface area contributed by atoms with Crippen LogP contribution in [0.4, 0.5) is 0 Å². The number of nitrogens with one attached hydrogen (secondary N) is 1. The molecule has 1 saturated heterocycles. The van der Waals surface area contributed by atoms with E-state index < -0.39 is 0 Å². The van der Waals surface area contributed by atoms with E-state index in [4.69, 9.17) is 0 Å². The van der Waals surface area contributed by atoms with Gasteiger partial charge in [-0.15, -0.1) is 11.3 Å². The fraction of sp³-hybridized carbons (Fsp3) is 0.444. The Hall–Kier alpha value is -1.76. The maximum Gasteiger partial charge on any atom is 0.235 e. The molecule has 1 unspecified atom stereocenters. The molecule has 5 nitrogen and oxygen atoms in total. The molecular formula is C18H23N3O2S. The molecule has 0 radical (unpaired) electrons. The van der Waals surface area contributed by atoms with Crippen LogP contribution in [0.1, 0.15) is 29.5 Å². The quantitative estimate of drug-likeness (QED) is 0.841. The zero-order valence-electron chi connectivity index (χ0n) is 13.6. The number of thiazole rings is 1. The first-order valence-corrected chi connectivity index (χ1v) is 9.21. The van der Waals surface area contributed by atoms with E-state index in [0.717, 1.165) is 36.5 Å². The number of aliphatic hydroxyl groups excluding tert-OH is 1. The highest BCUT2D eigenvalue weighted by atomic mass is 32.1. The highest BCUT2D eigenvalue weighted by molar-refractivity contribution is 7.09. The van der Waals surface area contributed by atoms with E-state index in [9.17, 15) is 9.90 Å². The average molecular weight is 345 g/mol. The number of likely N-dealkylation sites (tertiary alicyclic amines) is 1. The molecule has 0 spiro atoms. The molecule has 1 amide bonds. The Morgan fingerprint density at radius 2 is 2.08 bits per heavy atom. The first-order valence-electron chi connectivity index (χ1n) is 8.33. The minimum atomic E-state index is -0.200. The van der Waals surface area contributed by atoms with Crippen molar-refractivity contribution in [2.24, 2.45) is 5.92 Å². The lowest BCUT2D eigenvalue weighted by Gasteiger charge is -2.30. The molecular weight excluding hydrogens is 322 g/mol. The van der Waals surface area contributed by atoms with Gasteiger partial charge in [0.05, 0.1) is 6.54 Å². The summed E-state index contributed by atoms with van der Waals surface area (Å²) in [6, 6.07) is 9.74. The van der Waals surface area contributed by atoms with Crippen LogP contribution in [-0.4, -0.2) is 47.1 Å². The van der Waals surface area contributed by atoms with E-state index in [0.29, 0.717) is 12.5 Å². The molecule has 1 aliphatic rings. The van der Waals surface area contributed by atoms with Gasteiger partial charge in [-0.25, -0.2) is 4.98 Å². The largest absolute Gasteiger partial charge is 0.396 e. The van der Waals surface area contributed by atoms with Crippen molar-refractivity contribution in [1.82, 2.24) is 15.2 Å². The number of piperidine rings is 1. The number of rotatable bonds is 6. The van der Waals surface area contributed by atoms with Gasteiger partial charge in [0.25, 0.3) is 0 Å². The van der Waals surface area contributed by atoms with Gasteiger partial charge in [0.15, 0.2) is 0 Å². The zero-order chi connectivity index (χ0) is 16.8. The SMILES string of the molecule is O=C(CN1CCC(CO)CC1)NC(c1ccccc1)c1nccs1. The second kappa shape index (κ2) is 8.37. The minimum absolute atomic E-state index is 0.0153. The van der Waals surface area contributed by atoms with E-state index >= 15 is 0 Å². The highest BCUT2D eigenvalue weighted by Crippen LogP contribution is 2.24. The fourth-order valence-corrected chi connectivity index (χ4v) is 3.76. The predicted octanol–water partition coefficient (Wildman–Crippen LogP) is 2.05. The van der Waals surface area contributed by atoms with Crippen LogP contribution >= 0.6 is 11.3 Å². The van der Waals surface area contributed by atoms with E-state index in [1.165, 1.54) is 0 Å². The number of carbonyl (C=O) groups excluding carboxylic acids is 1. The first kappa shape index (κ1) is 17.1. The number of benzene rings is 1. The number of nitrogens with zero attached hydrogens (tertiary/aromatic N) is 2. The molecule has 1 aliphatic heterocycles. The fourth-order valence-electron chi connectivity index (χ4n) is 3.05. The molecule has 2 heterocycles. The Labute approximate surface area is 146 Å². The molecule has 24 heavy (non-hydrogen) atoms. The lowest BCUT2D eigenvalue weighted by molar-refractivity contribution is -0.123. The Morgan fingerprint density at radius 3 is 2.71 bits per heavy atom. The van der Waals surface area contributed by atoms with Crippen LogP contribution in [0.2, 0.25) is 0 Å². The van der Waals surface area contributed by atoms with Crippen LogP contribution in [0.15, 0.2) is 41.9 Å². The van der Waals surface area contributed by atoms with Gasteiger partial charge >= 0.3 is 0 Å². The maximum atomic E-state index is 12.5. The smallest absolute Gasteiger partial charge is 0.235 e. The van der Waals surface area contributed by atoms with Crippen molar-refractivity contribution >= 4 is 17.2 Å². The van der Waals surface area contributed by atoms with Gasteiger partial charge in [-0.2, -0.15) is 0 Å². The number of hydrogen-bond donors (Lipinski definition) is 2. The number of carbonyl (C=O) groups is 1. The van der Waals surface area contributed by atoms with Gasteiger partial charge in [0, 0.05) is 18.2 Å². The van der Waals surface area contributed by atoms with Crippen molar-refractivity contribution in [2.75, 3.05) is 26.2 Å². The molecule has 2 N–H and O–H groups in total. The van der Waals surface area contributed by atoms with Gasteiger partial charge < -0.3 is 10.4 Å². The Bertz CT molecular complexity index is 625. The average Bonchev–Trinajstić information content (AvgIpc) is 3.15. The molecule has 1 aromatic carbocycles. The standard InChI is InChI=1S/C18H23N3O2S/c22-13-14-6-9-21(10-7-14)12-16(23)20-17(18-19-8-11-24-18)15-4-2-1-3-5-15/h1-5,8,11,14,17,22H,6-7,9-10,12-13H2,(H,20,23). The van der Waals surface area contributed by atoms with Gasteiger partial charge in [-0.05, 0) is 37.4 Å². The summed E-state index contributed by atoms with van der Waals surface area (Å²) in [6.45, 7) is 2.38. The second-order valence-corrected chi connectivity index (χ2v) is 7.11. The summed E-state index contributed by atoms with van der Waals surface area (Å²) in [6.07, 6.45) is 3.68. The van der Waals surface area contributed by atoms with Crippen LogP contribution in [0.5, 0.6) is 0 Å². The third kappa shape index (κ3) is 4.41. The summed E-state index contributed by atoms with van der Waals surface area (Å²) < 4.78 is 0. The molecule has 1 fully saturated rings. The molecule has 1 aromatic heterocycles. The lowest BCUT2D eigenvalue weighted by atomic mass is 9.98. The second-order valence-electron chi connectivity index (χ2n) is 6.18. The highest BCUT2D eigenvalue weighted by Gasteiger charge is 2.23. The van der Waals surface area contributed by atoms with Crippen LogP contribution in [0.3, 0.4) is 0 Å². The van der Waals surface area contributed by atoms with E-state index in [-0.39, 0.29) is 18.6 Å². The van der Waals surface area contributed by atoms with Crippen LogP contribution < -0.4 is 5.32 Å². The van der Waals surface area contributed by atoms with Crippen molar-refractivity contribution in [3.8, 4) is 0 Å². The van der Waals surface area contributed by atoms with E-state index in [2.05, 4.69) is 15.2 Å². The van der Waals surface area contributed by atoms with Crippen molar-refractivity contribution < 1.29 is 9.90 Å². The van der Waals surface area contributed by atoms with Gasteiger partial charge in [0.1, 0.15) is 11.0 Å². The number of hydrogen-bond acceptors (Lipinski definition) is 5. The van der Waals surface area contributed by atoms with Crippen molar-refractivity contribution in [1.29, 1.82) is 0 Å². The minimum Gasteiger partial charge on any atom is -0.396 e. The van der Waals surface area contributed by atoms with Gasteiger partial charge in [0.2, 0.25) is 5.91 Å². The summed E-state index contributed by atoms with van der Waals surface area (Å²) in [7, 11) is 0. The molecule has 3 rings (SSSR count). The van der Waals surface area contributed by atoms with Gasteiger partial charge in [-0.1, -0.05) is 30.3 Å². The Morgan fingerprint density at radius 1 is 1.33 bits per heavy atom. The first-order chi connectivity index (χ1) is 11.8. The Balaban J connectivity index is 1.62. The topological polar surface area (TPSA) is 65.5 Å². The summed E-state index contributed by atoms with van der Waals surface area (Å²) in [5.74, 6) is 0.401. The lowest BCUT2D eigenvalue weighted by Crippen LogP contribution is -2.43. The third-order valence-electron chi connectivity index (χ3n) is 4.47. The summed E-state index contributed by atoms with van der Waals surface area (Å²) in [4.78, 5) is 19.1. The number of amides is 1. The molecule has 0 bridgehead atoms. The van der Waals surface area contributed by atoms with Crippen molar-refractivity contribution in [3.63, 3.8) is 0 Å². The molecule has 2 aromatic rings. The van der Waals surface area contributed by atoms with Gasteiger partial charge in [-0.3, -0.25) is 9.69 Å². The van der Waals surface area contributed by atoms with Crippen molar-refractivity contribution in [2.45, 2.75) is 18.9 Å². The number of aliphatic hydroxyl groups is 1.